The van der Waals surface area contributed by atoms with Gasteiger partial charge in [0.2, 0.25) is 10.0 Å². The molecule has 1 aromatic heterocycles. The van der Waals surface area contributed by atoms with E-state index in [1.165, 1.54) is 0 Å². The Labute approximate surface area is 124 Å². The normalized spacial score (nSPS) is 17.9. The van der Waals surface area contributed by atoms with Crippen molar-refractivity contribution in [3.8, 4) is 0 Å². The van der Waals surface area contributed by atoms with Crippen LogP contribution in [0.5, 0.6) is 0 Å². The summed E-state index contributed by atoms with van der Waals surface area (Å²) in [5, 5.41) is 14.4. The predicted octanol–water partition coefficient (Wildman–Crippen LogP) is 0.930. The zero-order valence-electron chi connectivity index (χ0n) is 12.4. The SMILES string of the molecule is CCc1[nH]nc(C(=O)NCC2(C)CCCC2)c1S(N)(=O)=O. The molecule has 0 unspecified atom stereocenters. The molecule has 0 bridgehead atoms. The molecule has 0 aromatic carbocycles. The van der Waals surface area contributed by atoms with Crippen LogP contribution >= 0.6 is 0 Å². The highest BCUT2D eigenvalue weighted by Gasteiger charge is 2.31. The van der Waals surface area contributed by atoms with Gasteiger partial charge in [-0.3, -0.25) is 9.89 Å². The summed E-state index contributed by atoms with van der Waals surface area (Å²) in [6, 6.07) is 0. The van der Waals surface area contributed by atoms with E-state index in [1.807, 2.05) is 0 Å². The molecule has 1 fully saturated rings. The number of aromatic nitrogens is 2. The Morgan fingerprint density at radius 3 is 2.57 bits per heavy atom. The van der Waals surface area contributed by atoms with Crippen LogP contribution in [0.1, 0.15) is 55.7 Å². The van der Waals surface area contributed by atoms with Gasteiger partial charge in [0.1, 0.15) is 4.90 Å². The first-order valence-corrected chi connectivity index (χ1v) is 8.70. The molecule has 1 saturated carbocycles. The number of aryl methyl sites for hydroxylation is 1. The van der Waals surface area contributed by atoms with Crippen LogP contribution in [-0.2, 0) is 16.4 Å². The van der Waals surface area contributed by atoms with E-state index >= 15 is 0 Å². The van der Waals surface area contributed by atoms with E-state index in [9.17, 15) is 13.2 Å². The van der Waals surface area contributed by atoms with Crippen molar-refractivity contribution in [2.24, 2.45) is 10.6 Å². The lowest BCUT2D eigenvalue weighted by atomic mass is 9.89. The van der Waals surface area contributed by atoms with E-state index in [4.69, 9.17) is 5.14 Å². The minimum atomic E-state index is -3.99. The summed E-state index contributed by atoms with van der Waals surface area (Å²) in [5.74, 6) is -0.497. The van der Waals surface area contributed by atoms with Crippen molar-refractivity contribution in [1.29, 1.82) is 0 Å². The third kappa shape index (κ3) is 3.44. The minimum Gasteiger partial charge on any atom is -0.350 e. The maximum atomic E-state index is 12.2. The molecule has 0 radical (unpaired) electrons. The Morgan fingerprint density at radius 2 is 2.05 bits per heavy atom. The Bertz CT molecular complexity index is 630. The molecule has 1 aliphatic carbocycles. The Balaban J connectivity index is 2.18. The lowest BCUT2D eigenvalue weighted by Gasteiger charge is -2.23. The van der Waals surface area contributed by atoms with Crippen LogP contribution in [0.3, 0.4) is 0 Å². The van der Waals surface area contributed by atoms with Gasteiger partial charge in [0, 0.05) is 6.54 Å². The molecule has 8 heteroatoms. The van der Waals surface area contributed by atoms with Gasteiger partial charge in [0.15, 0.2) is 5.69 Å². The molecule has 0 atom stereocenters. The monoisotopic (exact) mass is 314 g/mol. The lowest BCUT2D eigenvalue weighted by molar-refractivity contribution is 0.0926. The van der Waals surface area contributed by atoms with Crippen molar-refractivity contribution in [3.63, 3.8) is 0 Å². The van der Waals surface area contributed by atoms with Gasteiger partial charge in [-0.15, -0.1) is 0 Å². The predicted molar refractivity (Wildman–Crippen MR) is 78.2 cm³/mol. The summed E-state index contributed by atoms with van der Waals surface area (Å²) in [5.41, 5.74) is 0.298. The van der Waals surface area contributed by atoms with Crippen molar-refractivity contribution < 1.29 is 13.2 Å². The molecule has 1 amide bonds. The second kappa shape index (κ2) is 5.76. The fourth-order valence-corrected chi connectivity index (χ4v) is 3.79. The lowest BCUT2D eigenvalue weighted by Crippen LogP contribution is -2.35. The maximum Gasteiger partial charge on any atom is 0.273 e. The molecular weight excluding hydrogens is 292 g/mol. The third-order valence-electron chi connectivity index (χ3n) is 4.13. The van der Waals surface area contributed by atoms with Gasteiger partial charge in [-0.25, -0.2) is 13.6 Å². The molecule has 118 valence electrons. The van der Waals surface area contributed by atoms with Crippen LogP contribution in [0.4, 0.5) is 0 Å². The zero-order valence-corrected chi connectivity index (χ0v) is 13.2. The van der Waals surface area contributed by atoms with Crippen molar-refractivity contribution >= 4 is 15.9 Å². The maximum absolute atomic E-state index is 12.2. The van der Waals surface area contributed by atoms with Gasteiger partial charge < -0.3 is 5.32 Å². The molecular formula is C13H22N4O3S. The van der Waals surface area contributed by atoms with Crippen molar-refractivity contribution in [3.05, 3.63) is 11.4 Å². The second-order valence-electron chi connectivity index (χ2n) is 5.98. The summed E-state index contributed by atoms with van der Waals surface area (Å²) in [6.45, 7) is 4.41. The van der Waals surface area contributed by atoms with Crippen molar-refractivity contribution in [1.82, 2.24) is 15.5 Å². The molecule has 21 heavy (non-hydrogen) atoms. The fraction of sp³-hybridized carbons (Fsp3) is 0.692. The summed E-state index contributed by atoms with van der Waals surface area (Å²) >= 11 is 0. The number of carbonyl (C=O) groups is 1. The van der Waals surface area contributed by atoms with Crippen LogP contribution in [-0.4, -0.2) is 31.1 Å². The number of hydrogen-bond acceptors (Lipinski definition) is 4. The average Bonchev–Trinajstić information content (AvgIpc) is 3.01. The first-order valence-electron chi connectivity index (χ1n) is 7.15. The number of sulfonamides is 1. The molecule has 4 N–H and O–H groups in total. The number of H-pyrrole nitrogens is 1. The topological polar surface area (TPSA) is 118 Å². The third-order valence-corrected chi connectivity index (χ3v) is 5.14. The number of nitrogens with one attached hydrogen (secondary N) is 2. The van der Waals surface area contributed by atoms with E-state index in [2.05, 4.69) is 22.4 Å². The van der Waals surface area contributed by atoms with E-state index in [-0.39, 0.29) is 16.0 Å². The number of amides is 1. The number of rotatable bonds is 5. The van der Waals surface area contributed by atoms with Gasteiger partial charge in [-0.2, -0.15) is 5.10 Å². The molecule has 2 rings (SSSR count). The summed E-state index contributed by atoms with van der Waals surface area (Å²) in [4.78, 5) is 12.0. The number of primary sulfonamides is 1. The summed E-state index contributed by atoms with van der Waals surface area (Å²) in [7, 11) is -3.99. The van der Waals surface area contributed by atoms with Gasteiger partial charge in [0.05, 0.1) is 5.69 Å². The molecule has 0 spiro atoms. The Kier molecular flexibility index (Phi) is 4.38. The highest BCUT2D eigenvalue weighted by Crippen LogP contribution is 2.36. The second-order valence-corrected chi connectivity index (χ2v) is 7.48. The van der Waals surface area contributed by atoms with Crippen LogP contribution in [0.2, 0.25) is 0 Å². The van der Waals surface area contributed by atoms with Crippen molar-refractivity contribution in [2.45, 2.75) is 50.8 Å². The number of hydrogen-bond donors (Lipinski definition) is 3. The number of aromatic amines is 1. The first-order chi connectivity index (χ1) is 9.77. The molecule has 1 aliphatic rings. The average molecular weight is 314 g/mol. The van der Waals surface area contributed by atoms with Gasteiger partial charge in [-0.1, -0.05) is 26.7 Å². The molecule has 1 aromatic rings. The molecule has 7 nitrogen and oxygen atoms in total. The standard InChI is InChI=1S/C13H22N4O3S/c1-3-9-11(21(14,19)20)10(17-16-9)12(18)15-8-13(2)6-4-5-7-13/h3-8H2,1-2H3,(H,15,18)(H,16,17)(H2,14,19,20). The largest absolute Gasteiger partial charge is 0.350 e. The van der Waals surface area contributed by atoms with E-state index < -0.39 is 15.9 Å². The number of nitrogens with zero attached hydrogens (tertiary/aromatic N) is 1. The summed E-state index contributed by atoms with van der Waals surface area (Å²) in [6.07, 6.45) is 4.87. The molecule has 0 aliphatic heterocycles. The quantitative estimate of drug-likeness (QED) is 0.749. The van der Waals surface area contributed by atoms with Crippen LogP contribution in [0, 0.1) is 5.41 Å². The first kappa shape index (κ1) is 16.0. The van der Waals surface area contributed by atoms with E-state index in [1.54, 1.807) is 6.92 Å². The highest BCUT2D eigenvalue weighted by atomic mass is 32.2. The summed E-state index contributed by atoms with van der Waals surface area (Å²) < 4.78 is 23.3. The van der Waals surface area contributed by atoms with Gasteiger partial charge >= 0.3 is 0 Å². The van der Waals surface area contributed by atoms with Gasteiger partial charge in [0.25, 0.3) is 5.91 Å². The Morgan fingerprint density at radius 1 is 1.43 bits per heavy atom. The van der Waals surface area contributed by atoms with Crippen LogP contribution in [0.25, 0.3) is 0 Å². The van der Waals surface area contributed by atoms with E-state index in [0.717, 1.165) is 25.7 Å². The van der Waals surface area contributed by atoms with Crippen molar-refractivity contribution in [2.75, 3.05) is 6.54 Å². The van der Waals surface area contributed by atoms with Crippen LogP contribution < -0.4 is 10.5 Å². The molecule has 0 saturated heterocycles. The number of carbonyl (C=O) groups excluding carboxylic acids is 1. The minimum absolute atomic E-state index is 0.0846. The highest BCUT2D eigenvalue weighted by molar-refractivity contribution is 7.89. The van der Waals surface area contributed by atoms with Crippen LogP contribution in [0.15, 0.2) is 4.90 Å². The Hall–Kier alpha value is -1.41. The zero-order chi connectivity index (χ0) is 15.7. The smallest absolute Gasteiger partial charge is 0.273 e. The fourth-order valence-electron chi connectivity index (χ4n) is 2.85. The molecule has 1 heterocycles. The van der Waals surface area contributed by atoms with E-state index in [0.29, 0.717) is 18.7 Å². The van der Waals surface area contributed by atoms with Gasteiger partial charge in [-0.05, 0) is 24.7 Å². The number of nitrogens with two attached hydrogens (primary N) is 1.